The largest absolute Gasteiger partial charge is 0.481 e. The highest BCUT2D eigenvalue weighted by atomic mass is 35.5. The lowest BCUT2D eigenvalue weighted by Crippen LogP contribution is -2.19. The van der Waals surface area contributed by atoms with Crippen molar-refractivity contribution in [1.29, 1.82) is 0 Å². The lowest BCUT2D eigenvalue weighted by Gasteiger charge is -2.12. The van der Waals surface area contributed by atoms with Crippen LogP contribution in [0.4, 0.5) is 4.39 Å². The third-order valence-electron chi connectivity index (χ3n) is 2.85. The molecule has 8 heteroatoms. The maximum Gasteiger partial charge on any atom is 0.313 e. The minimum atomic E-state index is -0.921. The van der Waals surface area contributed by atoms with Gasteiger partial charge in [-0.3, -0.25) is 4.79 Å². The molecule has 0 bridgehead atoms. The van der Waals surface area contributed by atoms with E-state index in [0.29, 0.717) is 22.7 Å². The fourth-order valence-electron chi connectivity index (χ4n) is 1.85. The van der Waals surface area contributed by atoms with Gasteiger partial charge in [-0.05, 0) is 20.2 Å². The Balaban J connectivity index is 2.43. The predicted octanol–water partition coefficient (Wildman–Crippen LogP) is 2.57. The molecule has 0 atom stereocenters. The zero-order valence-corrected chi connectivity index (χ0v) is 13.2. The summed E-state index contributed by atoms with van der Waals surface area (Å²) in [5.74, 6) is -1.53. The molecule has 5 nitrogen and oxygen atoms in total. The number of hydrogen-bond acceptors (Lipinski definition) is 4. The lowest BCUT2D eigenvalue weighted by atomic mass is 10.3. The Labute approximate surface area is 130 Å². The number of nitrogens with zero attached hydrogens (tertiary/aromatic N) is 3. The quantitative estimate of drug-likeness (QED) is 0.824. The van der Waals surface area contributed by atoms with E-state index in [4.69, 9.17) is 16.7 Å². The van der Waals surface area contributed by atoms with Gasteiger partial charge in [0.05, 0.1) is 21.8 Å². The fraction of sp³-hybridized carbons (Fsp3) is 0.385. The van der Waals surface area contributed by atoms with Crippen molar-refractivity contribution in [3.63, 3.8) is 0 Å². The van der Waals surface area contributed by atoms with Crippen molar-refractivity contribution >= 4 is 40.4 Å². The van der Waals surface area contributed by atoms with Crippen molar-refractivity contribution in [2.24, 2.45) is 0 Å². The Morgan fingerprint density at radius 1 is 1.52 bits per heavy atom. The summed E-state index contributed by atoms with van der Waals surface area (Å²) in [5.41, 5.74) is 1.18. The number of carbonyl (C=O) groups is 1. The first-order valence-electron chi connectivity index (χ1n) is 6.23. The fourth-order valence-corrected chi connectivity index (χ4v) is 2.77. The molecule has 1 heterocycles. The lowest BCUT2D eigenvalue weighted by molar-refractivity contribution is -0.133. The molecule has 0 radical (unpaired) electrons. The molecule has 0 amide bonds. The Morgan fingerprint density at radius 2 is 2.24 bits per heavy atom. The minimum Gasteiger partial charge on any atom is -0.481 e. The van der Waals surface area contributed by atoms with Crippen LogP contribution in [0.5, 0.6) is 0 Å². The smallest absolute Gasteiger partial charge is 0.313 e. The number of fused-ring (bicyclic) bond motifs is 1. The standard InChI is InChI=1S/C13H15ClFN3O2S/c1-17(2)3-4-18-11-6-9(15)8(14)5-10(11)16-13(18)21-7-12(19)20/h5-6H,3-4,7H2,1-2H3,(H,19,20). The van der Waals surface area contributed by atoms with Crippen molar-refractivity contribution in [2.45, 2.75) is 11.7 Å². The monoisotopic (exact) mass is 331 g/mol. The molecular formula is C13H15ClFN3O2S. The van der Waals surface area contributed by atoms with Crippen molar-refractivity contribution in [3.8, 4) is 0 Å². The molecule has 0 aliphatic rings. The Bertz CT molecular complexity index is 675. The van der Waals surface area contributed by atoms with E-state index in [9.17, 15) is 9.18 Å². The third-order valence-corrected chi connectivity index (χ3v) is 4.10. The molecule has 114 valence electrons. The topological polar surface area (TPSA) is 58.4 Å². The first kappa shape index (κ1) is 16.1. The molecule has 0 spiro atoms. The molecule has 2 aromatic rings. The number of aliphatic carboxylic acids is 1. The molecule has 1 aromatic heterocycles. The van der Waals surface area contributed by atoms with E-state index in [0.717, 1.165) is 18.3 Å². The normalized spacial score (nSPS) is 11.5. The van der Waals surface area contributed by atoms with Crippen molar-refractivity contribution in [2.75, 3.05) is 26.4 Å². The molecule has 1 aromatic carbocycles. The van der Waals surface area contributed by atoms with Crippen LogP contribution in [-0.2, 0) is 11.3 Å². The predicted molar refractivity (Wildman–Crippen MR) is 81.6 cm³/mol. The number of likely N-dealkylation sites (N-methyl/N-ethyl adjacent to an activating group) is 1. The second-order valence-electron chi connectivity index (χ2n) is 4.79. The minimum absolute atomic E-state index is 0.00884. The number of benzene rings is 1. The number of rotatable bonds is 6. The summed E-state index contributed by atoms with van der Waals surface area (Å²) in [6.07, 6.45) is 0. The number of carboxylic acids is 1. The van der Waals surface area contributed by atoms with Crippen LogP contribution < -0.4 is 0 Å². The molecule has 2 rings (SSSR count). The Morgan fingerprint density at radius 3 is 2.86 bits per heavy atom. The summed E-state index contributed by atoms with van der Waals surface area (Å²) in [6.45, 7) is 1.32. The van der Waals surface area contributed by atoms with Gasteiger partial charge in [0.15, 0.2) is 5.16 Å². The highest BCUT2D eigenvalue weighted by molar-refractivity contribution is 7.99. The Hall–Kier alpha value is -1.31. The van der Waals surface area contributed by atoms with Crippen LogP contribution in [-0.4, -0.2) is 51.9 Å². The molecular weight excluding hydrogens is 317 g/mol. The summed E-state index contributed by atoms with van der Waals surface area (Å²) in [4.78, 5) is 17.1. The second kappa shape index (κ2) is 6.64. The van der Waals surface area contributed by atoms with E-state index in [2.05, 4.69) is 4.98 Å². The summed E-state index contributed by atoms with van der Waals surface area (Å²) in [5, 5.41) is 9.36. The van der Waals surface area contributed by atoms with E-state index in [1.54, 1.807) is 0 Å². The van der Waals surface area contributed by atoms with E-state index in [-0.39, 0.29) is 10.8 Å². The first-order valence-corrected chi connectivity index (χ1v) is 7.59. The van der Waals surface area contributed by atoms with Gasteiger partial charge in [0, 0.05) is 19.2 Å². The average molecular weight is 332 g/mol. The van der Waals surface area contributed by atoms with Gasteiger partial charge in [0.2, 0.25) is 0 Å². The second-order valence-corrected chi connectivity index (χ2v) is 6.14. The number of aromatic nitrogens is 2. The first-order chi connectivity index (χ1) is 9.88. The van der Waals surface area contributed by atoms with Crippen molar-refractivity contribution < 1.29 is 14.3 Å². The van der Waals surface area contributed by atoms with Gasteiger partial charge in [0.25, 0.3) is 0 Å². The van der Waals surface area contributed by atoms with Gasteiger partial charge in [-0.1, -0.05) is 23.4 Å². The summed E-state index contributed by atoms with van der Waals surface area (Å²) >= 11 is 6.88. The summed E-state index contributed by atoms with van der Waals surface area (Å²) in [6, 6.07) is 2.80. The van der Waals surface area contributed by atoms with E-state index in [1.165, 1.54) is 12.1 Å². The summed E-state index contributed by atoms with van der Waals surface area (Å²) in [7, 11) is 3.86. The third kappa shape index (κ3) is 3.87. The van der Waals surface area contributed by atoms with Gasteiger partial charge < -0.3 is 14.6 Å². The number of imidazole rings is 1. The maximum absolute atomic E-state index is 13.7. The molecule has 0 saturated carbocycles. The van der Waals surface area contributed by atoms with Crippen LogP contribution >= 0.6 is 23.4 Å². The van der Waals surface area contributed by atoms with Crippen LogP contribution in [0.25, 0.3) is 11.0 Å². The number of carboxylic acid groups (broad SMARTS) is 1. The van der Waals surface area contributed by atoms with Gasteiger partial charge in [-0.15, -0.1) is 0 Å². The van der Waals surface area contributed by atoms with E-state index >= 15 is 0 Å². The number of hydrogen-bond donors (Lipinski definition) is 1. The van der Waals surface area contributed by atoms with Crippen LogP contribution in [0.15, 0.2) is 17.3 Å². The maximum atomic E-state index is 13.7. The highest BCUT2D eigenvalue weighted by Crippen LogP contribution is 2.28. The molecule has 0 aliphatic carbocycles. The van der Waals surface area contributed by atoms with Crippen LogP contribution in [0, 0.1) is 5.82 Å². The molecule has 0 saturated heterocycles. The van der Waals surface area contributed by atoms with Crippen LogP contribution in [0.3, 0.4) is 0 Å². The summed E-state index contributed by atoms with van der Waals surface area (Å²) < 4.78 is 15.5. The van der Waals surface area contributed by atoms with Gasteiger partial charge in [-0.2, -0.15) is 0 Å². The zero-order valence-electron chi connectivity index (χ0n) is 11.6. The van der Waals surface area contributed by atoms with Crippen LogP contribution in [0.2, 0.25) is 5.02 Å². The van der Waals surface area contributed by atoms with Gasteiger partial charge >= 0.3 is 5.97 Å². The molecule has 21 heavy (non-hydrogen) atoms. The van der Waals surface area contributed by atoms with E-state index < -0.39 is 11.8 Å². The Kier molecular flexibility index (Phi) is 5.08. The highest BCUT2D eigenvalue weighted by Gasteiger charge is 2.15. The van der Waals surface area contributed by atoms with Gasteiger partial charge in [0.1, 0.15) is 5.82 Å². The molecule has 0 fully saturated rings. The van der Waals surface area contributed by atoms with Crippen LogP contribution in [0.1, 0.15) is 0 Å². The van der Waals surface area contributed by atoms with Gasteiger partial charge in [-0.25, -0.2) is 9.37 Å². The van der Waals surface area contributed by atoms with Crippen molar-refractivity contribution in [3.05, 3.63) is 23.0 Å². The molecule has 1 N–H and O–H groups in total. The number of halogens is 2. The average Bonchev–Trinajstić information content (AvgIpc) is 2.71. The van der Waals surface area contributed by atoms with E-state index in [1.807, 2.05) is 23.6 Å². The molecule has 0 aliphatic heterocycles. The zero-order chi connectivity index (χ0) is 15.6. The molecule has 0 unspecified atom stereocenters. The SMILES string of the molecule is CN(C)CCn1c(SCC(=O)O)nc2cc(Cl)c(F)cc21. The van der Waals surface area contributed by atoms with Crippen molar-refractivity contribution in [1.82, 2.24) is 14.5 Å². The number of thioether (sulfide) groups is 1.